The van der Waals surface area contributed by atoms with Crippen molar-refractivity contribution in [3.8, 4) is 0 Å². The summed E-state index contributed by atoms with van der Waals surface area (Å²) >= 11 is 0. The number of hydrogen-bond donors (Lipinski definition) is 1. The molecule has 1 aliphatic rings. The molecule has 4 nitrogen and oxygen atoms in total. The Morgan fingerprint density at radius 1 is 1.00 bits per heavy atom. The van der Waals surface area contributed by atoms with Gasteiger partial charge >= 0.3 is 0 Å². The van der Waals surface area contributed by atoms with E-state index in [9.17, 15) is 8.42 Å². The summed E-state index contributed by atoms with van der Waals surface area (Å²) < 4.78 is 27.9. The Bertz CT molecular complexity index is 990. The summed E-state index contributed by atoms with van der Waals surface area (Å²) in [7, 11) is -3.58. The summed E-state index contributed by atoms with van der Waals surface area (Å²) in [6.07, 6.45) is 0. The summed E-state index contributed by atoms with van der Waals surface area (Å²) in [5, 5.41) is 0. The number of hydrogen-bond acceptors (Lipinski definition) is 3. The molecule has 26 heavy (non-hydrogen) atoms. The predicted molar refractivity (Wildman–Crippen MR) is 108 cm³/mol. The standard InChI is InChI=1S/C21H24N2O2S/c1-14-10-11-19(12-15(14)2)20-17(4)21(23-26(20,24)25)22-13-16(3)18-8-6-5-7-9-18/h5-12,16H,13H2,1-4H3,(H,22,23)/t16-/m0/s1. The fourth-order valence-electron chi connectivity index (χ4n) is 3.08. The molecule has 5 heteroatoms. The summed E-state index contributed by atoms with van der Waals surface area (Å²) in [4.78, 5) is 4.89. The van der Waals surface area contributed by atoms with Crippen LogP contribution in [-0.2, 0) is 10.0 Å². The number of nitrogens with one attached hydrogen (secondary N) is 1. The number of aryl methyl sites for hydroxylation is 2. The molecule has 0 radical (unpaired) electrons. The van der Waals surface area contributed by atoms with Crippen molar-refractivity contribution in [3.05, 3.63) is 76.4 Å². The highest BCUT2D eigenvalue weighted by Crippen LogP contribution is 2.31. The van der Waals surface area contributed by atoms with E-state index in [4.69, 9.17) is 0 Å². The van der Waals surface area contributed by atoms with Gasteiger partial charge in [0, 0.05) is 18.0 Å². The largest absolute Gasteiger partial charge is 0.267 e. The zero-order valence-electron chi connectivity index (χ0n) is 15.6. The van der Waals surface area contributed by atoms with Crippen LogP contribution in [0.25, 0.3) is 4.91 Å². The van der Waals surface area contributed by atoms with E-state index in [2.05, 4.69) is 28.8 Å². The summed E-state index contributed by atoms with van der Waals surface area (Å²) in [5.74, 6) is 0.660. The van der Waals surface area contributed by atoms with Crippen molar-refractivity contribution in [2.45, 2.75) is 33.6 Å². The Morgan fingerprint density at radius 3 is 2.35 bits per heavy atom. The molecule has 0 unspecified atom stereocenters. The van der Waals surface area contributed by atoms with E-state index in [1.807, 2.05) is 57.2 Å². The third-order valence-corrected chi connectivity index (χ3v) is 6.40. The van der Waals surface area contributed by atoms with E-state index in [1.165, 1.54) is 5.56 Å². The highest BCUT2D eigenvalue weighted by molar-refractivity contribution is 8.00. The molecule has 0 fully saturated rings. The van der Waals surface area contributed by atoms with Crippen LogP contribution in [-0.4, -0.2) is 20.8 Å². The molecule has 0 spiro atoms. The van der Waals surface area contributed by atoms with Gasteiger partial charge in [0.15, 0.2) is 0 Å². The lowest BCUT2D eigenvalue weighted by atomic mass is 10.0. The molecule has 1 N–H and O–H groups in total. The van der Waals surface area contributed by atoms with Crippen LogP contribution in [0.2, 0.25) is 0 Å². The first-order chi connectivity index (χ1) is 12.3. The molecule has 1 aliphatic heterocycles. The maximum Gasteiger partial charge on any atom is 0.264 e. The van der Waals surface area contributed by atoms with Crippen molar-refractivity contribution in [2.75, 3.05) is 6.54 Å². The SMILES string of the molecule is CC1=C(c2ccc(C)c(C)c2)S(=O)(=O)NC1=NC[C@H](C)c1ccccc1. The molecule has 0 saturated heterocycles. The highest BCUT2D eigenvalue weighted by Gasteiger charge is 2.32. The smallest absolute Gasteiger partial charge is 0.264 e. The van der Waals surface area contributed by atoms with Gasteiger partial charge in [0.05, 0.1) is 0 Å². The number of benzene rings is 2. The van der Waals surface area contributed by atoms with E-state index in [0.717, 1.165) is 11.1 Å². The van der Waals surface area contributed by atoms with Gasteiger partial charge in [0.1, 0.15) is 10.7 Å². The second-order valence-corrected chi connectivity index (χ2v) is 8.48. The predicted octanol–water partition coefficient (Wildman–Crippen LogP) is 4.17. The Labute approximate surface area is 155 Å². The van der Waals surface area contributed by atoms with E-state index in [1.54, 1.807) is 0 Å². The number of aliphatic imine (C=N–C) groups is 1. The first-order valence-electron chi connectivity index (χ1n) is 8.70. The zero-order chi connectivity index (χ0) is 18.9. The van der Waals surface area contributed by atoms with Gasteiger partial charge in [-0.05, 0) is 43.0 Å². The molecule has 2 aromatic rings. The van der Waals surface area contributed by atoms with Crippen LogP contribution in [0.1, 0.15) is 42.0 Å². The van der Waals surface area contributed by atoms with Crippen molar-refractivity contribution in [1.29, 1.82) is 0 Å². The molecule has 0 aromatic heterocycles. The van der Waals surface area contributed by atoms with Crippen molar-refractivity contribution < 1.29 is 8.42 Å². The monoisotopic (exact) mass is 368 g/mol. The Hall–Kier alpha value is -2.40. The lowest BCUT2D eigenvalue weighted by Gasteiger charge is -2.09. The van der Waals surface area contributed by atoms with Crippen molar-refractivity contribution >= 4 is 20.8 Å². The third kappa shape index (κ3) is 3.58. The number of nitrogens with zero attached hydrogens (tertiary/aromatic N) is 1. The maximum atomic E-state index is 12.6. The van der Waals surface area contributed by atoms with Crippen molar-refractivity contribution in [2.24, 2.45) is 4.99 Å². The molecule has 0 bridgehead atoms. The normalized spacial score (nSPS) is 18.8. The first kappa shape index (κ1) is 18.4. The van der Waals surface area contributed by atoms with Crippen LogP contribution in [0.4, 0.5) is 0 Å². The average Bonchev–Trinajstić information content (AvgIpc) is 2.84. The summed E-state index contributed by atoms with van der Waals surface area (Å²) in [5.41, 5.74) is 4.78. The zero-order valence-corrected chi connectivity index (χ0v) is 16.4. The van der Waals surface area contributed by atoms with Crippen molar-refractivity contribution in [3.63, 3.8) is 0 Å². The van der Waals surface area contributed by atoms with Crippen LogP contribution in [0.5, 0.6) is 0 Å². The van der Waals surface area contributed by atoms with Crippen LogP contribution in [0.3, 0.4) is 0 Å². The Morgan fingerprint density at radius 2 is 1.69 bits per heavy atom. The van der Waals surface area contributed by atoms with Gasteiger partial charge in [0.2, 0.25) is 0 Å². The van der Waals surface area contributed by atoms with E-state index in [0.29, 0.717) is 28.4 Å². The van der Waals surface area contributed by atoms with E-state index >= 15 is 0 Å². The minimum atomic E-state index is -3.58. The topological polar surface area (TPSA) is 58.5 Å². The molecule has 0 aliphatic carbocycles. The molecular weight excluding hydrogens is 344 g/mol. The van der Waals surface area contributed by atoms with Gasteiger partial charge in [0.25, 0.3) is 10.0 Å². The van der Waals surface area contributed by atoms with Crippen LogP contribution < -0.4 is 4.72 Å². The second-order valence-electron chi connectivity index (χ2n) is 6.86. The molecule has 1 atom stereocenters. The summed E-state index contributed by atoms with van der Waals surface area (Å²) in [6, 6.07) is 15.8. The molecule has 136 valence electrons. The minimum absolute atomic E-state index is 0.215. The molecule has 0 saturated carbocycles. The van der Waals surface area contributed by atoms with E-state index in [-0.39, 0.29) is 5.92 Å². The third-order valence-electron chi connectivity index (χ3n) is 4.86. The quantitative estimate of drug-likeness (QED) is 0.880. The molecular formula is C21H24N2O2S. The lowest BCUT2D eigenvalue weighted by Crippen LogP contribution is -2.24. The fraction of sp³-hybridized carbons (Fsp3) is 0.286. The maximum absolute atomic E-state index is 12.6. The van der Waals surface area contributed by atoms with Gasteiger partial charge in [-0.15, -0.1) is 0 Å². The average molecular weight is 369 g/mol. The van der Waals surface area contributed by atoms with Gasteiger partial charge in [-0.1, -0.05) is 55.5 Å². The molecule has 1 heterocycles. The lowest BCUT2D eigenvalue weighted by molar-refractivity contribution is 0.603. The fourth-order valence-corrected chi connectivity index (χ4v) is 4.60. The van der Waals surface area contributed by atoms with Crippen molar-refractivity contribution in [1.82, 2.24) is 4.72 Å². The second kappa shape index (κ2) is 7.08. The molecule has 0 amide bonds. The number of rotatable bonds is 4. The Kier molecular flexibility index (Phi) is 5.01. The van der Waals surface area contributed by atoms with Gasteiger partial charge in [-0.3, -0.25) is 9.71 Å². The van der Waals surface area contributed by atoms with E-state index < -0.39 is 10.0 Å². The minimum Gasteiger partial charge on any atom is -0.267 e. The first-order valence-corrected chi connectivity index (χ1v) is 10.2. The number of amidine groups is 1. The highest BCUT2D eigenvalue weighted by atomic mass is 32.2. The molecule has 3 rings (SSSR count). The van der Waals surface area contributed by atoms with Crippen LogP contribution in [0, 0.1) is 13.8 Å². The Balaban J connectivity index is 1.92. The summed E-state index contributed by atoms with van der Waals surface area (Å²) in [6.45, 7) is 8.43. The number of sulfonamides is 1. The van der Waals surface area contributed by atoms with Gasteiger partial charge in [-0.2, -0.15) is 0 Å². The van der Waals surface area contributed by atoms with Crippen LogP contribution in [0.15, 0.2) is 59.1 Å². The van der Waals surface area contributed by atoms with Crippen LogP contribution >= 0.6 is 0 Å². The van der Waals surface area contributed by atoms with Gasteiger partial charge < -0.3 is 0 Å². The molecule has 2 aromatic carbocycles. The van der Waals surface area contributed by atoms with Gasteiger partial charge in [-0.25, -0.2) is 8.42 Å².